The Hall–Kier alpha value is -3.00. The van der Waals surface area contributed by atoms with E-state index in [1.54, 1.807) is 13.2 Å². The van der Waals surface area contributed by atoms with Gasteiger partial charge in [0, 0.05) is 68.7 Å². The molecule has 2 aliphatic rings. The summed E-state index contributed by atoms with van der Waals surface area (Å²) in [4.78, 5) is 33.1. The number of methoxy groups -OCH3 is 1. The summed E-state index contributed by atoms with van der Waals surface area (Å²) in [6, 6.07) is 13.4. The van der Waals surface area contributed by atoms with Gasteiger partial charge >= 0.3 is 0 Å². The Morgan fingerprint density at radius 3 is 2.31 bits per heavy atom. The molecule has 0 radical (unpaired) electrons. The standard InChI is InChI=1S/C25H28N4O3/c1-32-21-7-6-19-22-20(21)16-17-4-2-3-5-18(17)23(22)25(31)29(24(19)30)15-14-28-12-10-27(9-8-26)11-13-28/h2-7,16H,8-15,26H2,1H3. The Labute approximate surface area is 187 Å². The van der Waals surface area contributed by atoms with Crippen LogP contribution in [0.5, 0.6) is 5.75 Å². The highest BCUT2D eigenvalue weighted by Crippen LogP contribution is 2.39. The van der Waals surface area contributed by atoms with Crippen molar-refractivity contribution in [3.63, 3.8) is 0 Å². The molecular formula is C25H28N4O3. The third-order valence-corrected chi connectivity index (χ3v) is 6.69. The second kappa shape index (κ2) is 8.50. The van der Waals surface area contributed by atoms with Crippen LogP contribution in [0.2, 0.25) is 0 Å². The van der Waals surface area contributed by atoms with Crippen LogP contribution < -0.4 is 10.5 Å². The van der Waals surface area contributed by atoms with E-state index in [-0.39, 0.29) is 11.8 Å². The van der Waals surface area contributed by atoms with Crippen LogP contribution >= 0.6 is 0 Å². The van der Waals surface area contributed by atoms with Crippen LogP contribution in [-0.2, 0) is 0 Å². The van der Waals surface area contributed by atoms with Crippen molar-refractivity contribution in [2.24, 2.45) is 5.73 Å². The average molecular weight is 433 g/mol. The number of fused-ring (bicyclic) bond motifs is 2. The number of ether oxygens (including phenoxy) is 1. The normalized spacial score (nSPS) is 17.5. The molecule has 5 rings (SSSR count). The van der Waals surface area contributed by atoms with Gasteiger partial charge < -0.3 is 10.5 Å². The lowest BCUT2D eigenvalue weighted by Gasteiger charge is -2.36. The SMILES string of the molecule is COc1ccc2c3c(c4ccccc4cc13)C(=O)N(CCN1CCN(CCN)CC1)C2=O. The van der Waals surface area contributed by atoms with Gasteiger partial charge in [0.15, 0.2) is 0 Å². The summed E-state index contributed by atoms with van der Waals surface area (Å²) < 4.78 is 5.55. The monoisotopic (exact) mass is 432 g/mol. The zero-order valence-corrected chi connectivity index (χ0v) is 18.3. The molecule has 0 bridgehead atoms. The van der Waals surface area contributed by atoms with Crippen LogP contribution in [0.25, 0.3) is 21.5 Å². The minimum absolute atomic E-state index is 0.223. The Bertz CT molecular complexity index is 1200. The van der Waals surface area contributed by atoms with Crippen molar-refractivity contribution < 1.29 is 14.3 Å². The first-order valence-electron chi connectivity index (χ1n) is 11.2. The van der Waals surface area contributed by atoms with Gasteiger partial charge in [0.05, 0.1) is 12.7 Å². The molecule has 3 aromatic rings. The van der Waals surface area contributed by atoms with Crippen molar-refractivity contribution in [1.29, 1.82) is 0 Å². The van der Waals surface area contributed by atoms with Crippen molar-refractivity contribution >= 4 is 33.4 Å². The third kappa shape index (κ3) is 3.43. The summed E-state index contributed by atoms with van der Waals surface area (Å²) in [6.07, 6.45) is 0. The summed E-state index contributed by atoms with van der Waals surface area (Å²) in [5, 5.41) is 3.33. The van der Waals surface area contributed by atoms with Crippen molar-refractivity contribution in [1.82, 2.24) is 14.7 Å². The molecule has 0 aromatic heterocycles. The molecule has 2 heterocycles. The Morgan fingerprint density at radius 2 is 1.59 bits per heavy atom. The fraction of sp³-hybridized carbons (Fsp3) is 0.360. The van der Waals surface area contributed by atoms with Gasteiger partial charge in [-0.1, -0.05) is 24.3 Å². The van der Waals surface area contributed by atoms with Gasteiger partial charge in [0.1, 0.15) is 5.75 Å². The minimum atomic E-state index is -0.229. The zero-order valence-electron chi connectivity index (χ0n) is 18.3. The maximum absolute atomic E-state index is 13.7. The van der Waals surface area contributed by atoms with Gasteiger partial charge in [-0.25, -0.2) is 0 Å². The second-order valence-corrected chi connectivity index (χ2v) is 8.44. The number of amides is 2. The van der Waals surface area contributed by atoms with Gasteiger partial charge in [0.2, 0.25) is 0 Å². The maximum Gasteiger partial charge on any atom is 0.262 e. The van der Waals surface area contributed by atoms with Crippen molar-refractivity contribution in [3.8, 4) is 5.75 Å². The van der Waals surface area contributed by atoms with Gasteiger partial charge in [-0.3, -0.25) is 24.3 Å². The predicted octanol–water partition coefficient (Wildman–Crippen LogP) is 2.17. The summed E-state index contributed by atoms with van der Waals surface area (Å²) in [5.74, 6) is 0.215. The smallest absolute Gasteiger partial charge is 0.262 e. The quantitative estimate of drug-likeness (QED) is 0.475. The first-order valence-corrected chi connectivity index (χ1v) is 11.2. The van der Waals surface area contributed by atoms with E-state index >= 15 is 0 Å². The topological polar surface area (TPSA) is 79.1 Å². The fourth-order valence-electron chi connectivity index (χ4n) is 4.97. The van der Waals surface area contributed by atoms with E-state index in [1.807, 2.05) is 36.4 Å². The number of nitrogens with two attached hydrogens (primary N) is 1. The molecule has 1 fully saturated rings. The van der Waals surface area contributed by atoms with E-state index < -0.39 is 0 Å². The van der Waals surface area contributed by atoms with Crippen LogP contribution in [0.3, 0.4) is 0 Å². The zero-order chi connectivity index (χ0) is 22.2. The first kappa shape index (κ1) is 20.9. The third-order valence-electron chi connectivity index (χ3n) is 6.69. The molecule has 32 heavy (non-hydrogen) atoms. The second-order valence-electron chi connectivity index (χ2n) is 8.44. The van der Waals surface area contributed by atoms with E-state index in [1.165, 1.54) is 4.90 Å². The van der Waals surface area contributed by atoms with Crippen LogP contribution in [0.4, 0.5) is 0 Å². The van der Waals surface area contributed by atoms with E-state index in [9.17, 15) is 9.59 Å². The number of hydrogen-bond acceptors (Lipinski definition) is 6. The summed E-state index contributed by atoms with van der Waals surface area (Å²) in [6.45, 7) is 6.40. The first-order chi connectivity index (χ1) is 15.6. The number of rotatable bonds is 6. The fourth-order valence-corrected chi connectivity index (χ4v) is 4.97. The number of carbonyl (C=O) groups is 2. The minimum Gasteiger partial charge on any atom is -0.496 e. The van der Waals surface area contributed by atoms with E-state index in [4.69, 9.17) is 10.5 Å². The van der Waals surface area contributed by atoms with Crippen molar-refractivity contribution in [2.75, 3.05) is 59.5 Å². The molecule has 7 heteroatoms. The summed E-state index contributed by atoms with van der Waals surface area (Å²) in [5.41, 5.74) is 6.82. The van der Waals surface area contributed by atoms with Crippen LogP contribution in [0, 0.1) is 0 Å². The summed E-state index contributed by atoms with van der Waals surface area (Å²) in [7, 11) is 1.61. The lowest BCUT2D eigenvalue weighted by molar-refractivity contribution is 0.0574. The van der Waals surface area contributed by atoms with Gasteiger partial charge in [0.25, 0.3) is 11.8 Å². The molecule has 3 aromatic carbocycles. The largest absolute Gasteiger partial charge is 0.496 e. The number of benzene rings is 3. The van der Waals surface area contributed by atoms with E-state index in [0.29, 0.717) is 41.9 Å². The Balaban J connectivity index is 1.48. The number of carbonyl (C=O) groups excluding carboxylic acids is 2. The van der Waals surface area contributed by atoms with Crippen LogP contribution in [0.1, 0.15) is 20.7 Å². The van der Waals surface area contributed by atoms with Gasteiger partial charge in [-0.05, 0) is 29.0 Å². The van der Waals surface area contributed by atoms with Crippen LogP contribution in [0.15, 0.2) is 42.5 Å². The molecule has 2 aliphatic heterocycles. The predicted molar refractivity (Wildman–Crippen MR) is 125 cm³/mol. The van der Waals surface area contributed by atoms with Crippen molar-refractivity contribution in [2.45, 2.75) is 0 Å². The molecule has 2 N–H and O–H groups in total. The number of piperazine rings is 1. The summed E-state index contributed by atoms with van der Waals surface area (Å²) >= 11 is 0. The lowest BCUT2D eigenvalue weighted by Crippen LogP contribution is -2.51. The Morgan fingerprint density at radius 1 is 0.875 bits per heavy atom. The van der Waals surface area contributed by atoms with E-state index in [0.717, 1.165) is 48.9 Å². The van der Waals surface area contributed by atoms with Crippen LogP contribution in [-0.4, -0.2) is 86.0 Å². The van der Waals surface area contributed by atoms with Gasteiger partial charge in [-0.15, -0.1) is 0 Å². The molecule has 7 nitrogen and oxygen atoms in total. The molecular weight excluding hydrogens is 404 g/mol. The Kier molecular flexibility index (Phi) is 5.55. The molecule has 0 saturated carbocycles. The van der Waals surface area contributed by atoms with E-state index in [2.05, 4.69) is 9.80 Å². The molecule has 0 atom stereocenters. The molecule has 0 aliphatic carbocycles. The number of nitrogens with zero attached hydrogens (tertiary/aromatic N) is 3. The van der Waals surface area contributed by atoms with Gasteiger partial charge in [-0.2, -0.15) is 0 Å². The number of imide groups is 1. The molecule has 1 saturated heterocycles. The molecule has 0 unspecified atom stereocenters. The highest BCUT2D eigenvalue weighted by atomic mass is 16.5. The molecule has 166 valence electrons. The number of hydrogen-bond donors (Lipinski definition) is 1. The molecule has 2 amide bonds. The maximum atomic E-state index is 13.7. The van der Waals surface area contributed by atoms with Crippen molar-refractivity contribution in [3.05, 3.63) is 53.6 Å². The highest BCUT2D eigenvalue weighted by molar-refractivity contribution is 6.31. The lowest BCUT2D eigenvalue weighted by atomic mass is 9.89. The molecule has 0 spiro atoms. The highest BCUT2D eigenvalue weighted by Gasteiger charge is 2.35. The average Bonchev–Trinajstić information content (AvgIpc) is 2.82.